The van der Waals surface area contributed by atoms with Crippen molar-refractivity contribution in [1.29, 1.82) is 0 Å². The minimum Gasteiger partial charge on any atom is -0.374 e. The predicted molar refractivity (Wildman–Crippen MR) is 75.1 cm³/mol. The molecule has 3 N–H and O–H groups in total. The van der Waals surface area contributed by atoms with Gasteiger partial charge in [-0.15, -0.1) is 0 Å². The molecule has 104 valence electrons. The summed E-state index contributed by atoms with van der Waals surface area (Å²) in [5.74, 6) is -0.428. The number of amides is 1. The Morgan fingerprint density at radius 1 is 1.53 bits per heavy atom. The van der Waals surface area contributed by atoms with Gasteiger partial charge < -0.3 is 20.7 Å². The van der Waals surface area contributed by atoms with Gasteiger partial charge in [0.25, 0.3) is 0 Å². The van der Waals surface area contributed by atoms with Crippen molar-refractivity contribution in [3.63, 3.8) is 0 Å². The molecule has 1 aliphatic heterocycles. The van der Waals surface area contributed by atoms with Crippen LogP contribution in [0.15, 0.2) is 18.2 Å². The highest BCUT2D eigenvalue weighted by Crippen LogP contribution is 2.27. The summed E-state index contributed by atoms with van der Waals surface area (Å²) in [5.41, 5.74) is 9.02. The lowest BCUT2D eigenvalue weighted by Crippen LogP contribution is -2.23. The van der Waals surface area contributed by atoms with E-state index in [-0.39, 0.29) is 6.61 Å². The van der Waals surface area contributed by atoms with E-state index < -0.39 is 5.91 Å². The molecule has 0 aliphatic carbocycles. The van der Waals surface area contributed by atoms with Gasteiger partial charge in [-0.1, -0.05) is 12.1 Å². The molecule has 0 aromatic heterocycles. The van der Waals surface area contributed by atoms with Crippen LogP contribution in [0.3, 0.4) is 0 Å². The van der Waals surface area contributed by atoms with Crippen molar-refractivity contribution in [3.05, 3.63) is 29.3 Å². The van der Waals surface area contributed by atoms with E-state index in [2.05, 4.69) is 35.5 Å². The summed E-state index contributed by atoms with van der Waals surface area (Å²) in [7, 11) is 2.12. The number of anilines is 1. The van der Waals surface area contributed by atoms with Gasteiger partial charge in [0, 0.05) is 32.4 Å². The van der Waals surface area contributed by atoms with E-state index in [1.54, 1.807) is 0 Å². The van der Waals surface area contributed by atoms with Gasteiger partial charge in [0.05, 0.1) is 6.61 Å². The van der Waals surface area contributed by atoms with E-state index >= 15 is 0 Å². The number of likely N-dealkylation sites (N-methyl/N-ethyl adjacent to an activating group) is 1. The lowest BCUT2D eigenvalue weighted by Gasteiger charge is -2.12. The number of carbonyl (C=O) groups excluding carboxylic acids is 1. The molecular formula is C14H21N3O2. The maximum atomic E-state index is 10.5. The zero-order valence-electron chi connectivity index (χ0n) is 11.3. The van der Waals surface area contributed by atoms with Crippen molar-refractivity contribution in [2.45, 2.75) is 13.0 Å². The van der Waals surface area contributed by atoms with Crippen molar-refractivity contribution in [1.82, 2.24) is 5.32 Å². The second-order valence-electron chi connectivity index (χ2n) is 4.83. The van der Waals surface area contributed by atoms with Crippen LogP contribution in [0.25, 0.3) is 0 Å². The molecule has 19 heavy (non-hydrogen) atoms. The first-order chi connectivity index (χ1) is 9.16. The number of hydrogen-bond donors (Lipinski definition) is 2. The summed E-state index contributed by atoms with van der Waals surface area (Å²) in [6.07, 6.45) is 1.13. The fraction of sp³-hybridized carbons (Fsp3) is 0.500. The molecule has 5 nitrogen and oxygen atoms in total. The van der Waals surface area contributed by atoms with E-state index in [0.717, 1.165) is 19.5 Å². The third kappa shape index (κ3) is 3.94. The molecule has 0 bridgehead atoms. The number of nitrogens with zero attached hydrogens (tertiary/aromatic N) is 1. The van der Waals surface area contributed by atoms with Gasteiger partial charge in [-0.05, 0) is 23.6 Å². The average molecular weight is 263 g/mol. The standard InChI is InChI=1S/C14H21N3O2/c1-17-6-4-12-8-11(2-3-13(12)17)9-16-5-7-19-10-14(15)18/h2-3,8,16H,4-7,9-10H2,1H3,(H2,15,18). The highest BCUT2D eigenvalue weighted by atomic mass is 16.5. The number of benzene rings is 1. The number of nitrogens with two attached hydrogens (primary N) is 1. The lowest BCUT2D eigenvalue weighted by atomic mass is 10.1. The van der Waals surface area contributed by atoms with Crippen LogP contribution in [0.1, 0.15) is 11.1 Å². The minimum absolute atomic E-state index is 0.00708. The molecule has 0 saturated heterocycles. The molecule has 0 radical (unpaired) electrons. The Kier molecular flexibility index (Phi) is 4.76. The van der Waals surface area contributed by atoms with Gasteiger partial charge in [-0.3, -0.25) is 4.79 Å². The van der Waals surface area contributed by atoms with Crippen LogP contribution < -0.4 is 16.0 Å². The molecule has 0 unspecified atom stereocenters. The second kappa shape index (κ2) is 6.54. The zero-order valence-corrected chi connectivity index (χ0v) is 11.3. The Balaban J connectivity index is 1.71. The van der Waals surface area contributed by atoms with Crippen LogP contribution >= 0.6 is 0 Å². The van der Waals surface area contributed by atoms with Crippen LogP contribution in [-0.2, 0) is 22.5 Å². The van der Waals surface area contributed by atoms with Gasteiger partial charge in [0.1, 0.15) is 6.61 Å². The Labute approximate surface area is 113 Å². The highest BCUT2D eigenvalue weighted by molar-refractivity contribution is 5.74. The number of hydrogen-bond acceptors (Lipinski definition) is 4. The van der Waals surface area contributed by atoms with E-state index in [1.807, 2.05) is 0 Å². The number of ether oxygens (including phenoxy) is 1. The number of carbonyl (C=O) groups is 1. The van der Waals surface area contributed by atoms with Gasteiger partial charge in [0.2, 0.25) is 5.91 Å². The Morgan fingerprint density at radius 3 is 3.16 bits per heavy atom. The molecule has 1 aliphatic rings. The Hall–Kier alpha value is -1.59. The third-order valence-corrected chi connectivity index (χ3v) is 3.27. The van der Waals surface area contributed by atoms with E-state index in [0.29, 0.717) is 13.2 Å². The SMILES string of the molecule is CN1CCc2cc(CNCCOCC(N)=O)ccc21. The van der Waals surface area contributed by atoms with E-state index in [9.17, 15) is 4.79 Å². The van der Waals surface area contributed by atoms with Crippen LogP contribution in [0.2, 0.25) is 0 Å². The molecule has 1 heterocycles. The maximum Gasteiger partial charge on any atom is 0.243 e. The average Bonchev–Trinajstić information content (AvgIpc) is 2.75. The topological polar surface area (TPSA) is 67.6 Å². The van der Waals surface area contributed by atoms with Crippen molar-refractivity contribution >= 4 is 11.6 Å². The largest absolute Gasteiger partial charge is 0.374 e. The predicted octanol–water partition coefficient (Wildman–Crippen LogP) is 0.270. The van der Waals surface area contributed by atoms with Gasteiger partial charge >= 0.3 is 0 Å². The summed E-state index contributed by atoms with van der Waals surface area (Å²) in [5, 5.41) is 3.29. The Bertz CT molecular complexity index is 448. The van der Waals surface area contributed by atoms with Crippen molar-refractivity contribution in [2.24, 2.45) is 5.73 Å². The van der Waals surface area contributed by atoms with Crippen molar-refractivity contribution < 1.29 is 9.53 Å². The highest BCUT2D eigenvalue weighted by Gasteiger charge is 2.15. The number of nitrogens with one attached hydrogen (secondary N) is 1. The molecular weight excluding hydrogens is 242 g/mol. The van der Waals surface area contributed by atoms with E-state index in [4.69, 9.17) is 10.5 Å². The first-order valence-electron chi connectivity index (χ1n) is 6.56. The lowest BCUT2D eigenvalue weighted by molar-refractivity contribution is -0.122. The molecule has 0 atom stereocenters. The van der Waals surface area contributed by atoms with Gasteiger partial charge in [-0.25, -0.2) is 0 Å². The summed E-state index contributed by atoms with van der Waals surface area (Å²) < 4.78 is 5.08. The first kappa shape index (κ1) is 13.8. The molecule has 1 aromatic carbocycles. The Morgan fingerprint density at radius 2 is 2.37 bits per heavy atom. The molecule has 0 fully saturated rings. The van der Waals surface area contributed by atoms with Crippen LogP contribution in [0.4, 0.5) is 5.69 Å². The summed E-state index contributed by atoms with van der Waals surface area (Å²) >= 11 is 0. The summed E-state index contributed by atoms with van der Waals surface area (Å²) in [4.78, 5) is 12.7. The van der Waals surface area contributed by atoms with E-state index in [1.165, 1.54) is 16.8 Å². The maximum absolute atomic E-state index is 10.5. The van der Waals surface area contributed by atoms with Gasteiger partial charge in [-0.2, -0.15) is 0 Å². The molecule has 0 saturated carbocycles. The monoisotopic (exact) mass is 263 g/mol. The normalized spacial score (nSPS) is 13.6. The first-order valence-corrected chi connectivity index (χ1v) is 6.56. The van der Waals surface area contributed by atoms with Crippen molar-refractivity contribution in [2.75, 3.05) is 38.3 Å². The molecule has 5 heteroatoms. The van der Waals surface area contributed by atoms with Crippen LogP contribution in [0.5, 0.6) is 0 Å². The summed E-state index contributed by atoms with van der Waals surface area (Å²) in [6, 6.07) is 6.59. The quantitative estimate of drug-likeness (QED) is 0.693. The second-order valence-corrected chi connectivity index (χ2v) is 4.83. The van der Waals surface area contributed by atoms with Crippen LogP contribution in [-0.4, -0.2) is 39.3 Å². The third-order valence-electron chi connectivity index (χ3n) is 3.27. The number of rotatable bonds is 7. The summed E-state index contributed by atoms with van der Waals surface area (Å²) in [6.45, 7) is 3.12. The zero-order chi connectivity index (χ0) is 13.7. The van der Waals surface area contributed by atoms with Crippen LogP contribution in [0, 0.1) is 0 Å². The minimum atomic E-state index is -0.428. The molecule has 1 aromatic rings. The molecule has 2 rings (SSSR count). The number of fused-ring (bicyclic) bond motifs is 1. The molecule has 0 spiro atoms. The smallest absolute Gasteiger partial charge is 0.243 e. The molecule has 1 amide bonds. The number of primary amides is 1. The fourth-order valence-electron chi connectivity index (χ4n) is 2.28. The van der Waals surface area contributed by atoms with Gasteiger partial charge in [0.15, 0.2) is 0 Å². The fourth-order valence-corrected chi connectivity index (χ4v) is 2.28. The van der Waals surface area contributed by atoms with Crippen molar-refractivity contribution in [3.8, 4) is 0 Å².